The Morgan fingerprint density at radius 3 is 2.67 bits per heavy atom. The van der Waals surface area contributed by atoms with Crippen molar-refractivity contribution in [2.24, 2.45) is 0 Å². The Balaban J connectivity index is 3.01. The molecule has 0 saturated carbocycles. The number of thiol groups is 1. The van der Waals surface area contributed by atoms with Gasteiger partial charge in [0.2, 0.25) is 5.91 Å². The van der Waals surface area contributed by atoms with Crippen molar-refractivity contribution < 1.29 is 9.53 Å². The number of ether oxygens (including phenoxy) is 1. The minimum absolute atomic E-state index is 0.0833. The first kappa shape index (κ1) is 12.5. The van der Waals surface area contributed by atoms with E-state index in [0.717, 1.165) is 0 Å². The number of halogens is 2. The maximum atomic E-state index is 11.1. The molecule has 15 heavy (non-hydrogen) atoms. The monoisotopic (exact) mass is 265 g/mol. The molecule has 0 spiro atoms. The fourth-order valence-corrected chi connectivity index (χ4v) is 1.50. The second-order valence-corrected chi connectivity index (χ2v) is 3.72. The molecule has 0 bridgehead atoms. The first-order valence-electron chi connectivity index (χ1n) is 4.02. The molecule has 1 aromatic carbocycles. The molecule has 1 rings (SSSR count). The van der Waals surface area contributed by atoms with E-state index >= 15 is 0 Å². The lowest BCUT2D eigenvalue weighted by Crippen LogP contribution is -2.13. The van der Waals surface area contributed by atoms with E-state index < -0.39 is 0 Å². The van der Waals surface area contributed by atoms with Gasteiger partial charge in [-0.3, -0.25) is 4.79 Å². The molecule has 6 heteroatoms. The molecule has 82 valence electrons. The van der Waals surface area contributed by atoms with Crippen molar-refractivity contribution >= 4 is 47.4 Å². The third-order valence-corrected chi connectivity index (χ3v) is 2.84. The van der Waals surface area contributed by atoms with E-state index in [1.54, 1.807) is 12.1 Å². The summed E-state index contributed by atoms with van der Waals surface area (Å²) < 4.78 is 4.97. The molecule has 0 atom stereocenters. The molecule has 3 nitrogen and oxygen atoms in total. The zero-order valence-corrected chi connectivity index (χ0v) is 10.3. The van der Waals surface area contributed by atoms with Crippen LogP contribution in [0, 0.1) is 0 Å². The van der Waals surface area contributed by atoms with Crippen LogP contribution >= 0.6 is 35.8 Å². The van der Waals surface area contributed by atoms with Crippen LogP contribution in [0.4, 0.5) is 5.69 Å². The van der Waals surface area contributed by atoms with Gasteiger partial charge >= 0.3 is 0 Å². The molecule has 0 aromatic heterocycles. The summed E-state index contributed by atoms with van der Waals surface area (Å²) in [5, 5.41) is 3.09. The Kier molecular flexibility index (Phi) is 4.57. The number of nitrogens with one attached hydrogen (secondary N) is 1. The van der Waals surface area contributed by atoms with Crippen molar-refractivity contribution in [1.29, 1.82) is 0 Å². The fraction of sp³-hybridized carbons (Fsp3) is 0.222. The molecule has 0 aliphatic rings. The minimum atomic E-state index is -0.249. The van der Waals surface area contributed by atoms with Gasteiger partial charge in [0.15, 0.2) is 0 Å². The molecule has 1 amide bonds. The predicted octanol–water partition coefficient (Wildman–Crippen LogP) is 2.87. The minimum Gasteiger partial charge on any atom is -0.495 e. The fourth-order valence-electron chi connectivity index (χ4n) is 0.976. The summed E-state index contributed by atoms with van der Waals surface area (Å²) >= 11 is 15.7. The van der Waals surface area contributed by atoms with Crippen LogP contribution in [0.5, 0.6) is 5.75 Å². The normalized spacial score (nSPS) is 9.87. The lowest BCUT2D eigenvalue weighted by molar-refractivity contribution is -0.113. The number of methoxy groups -OCH3 is 1. The summed E-state index contributed by atoms with van der Waals surface area (Å²) in [5.74, 6) is 0.298. The largest absolute Gasteiger partial charge is 0.495 e. The second kappa shape index (κ2) is 5.49. The average molecular weight is 266 g/mol. The Bertz CT molecular complexity index is 385. The molecule has 0 saturated heterocycles. The van der Waals surface area contributed by atoms with Crippen LogP contribution in [-0.2, 0) is 4.79 Å². The first-order valence-corrected chi connectivity index (χ1v) is 5.41. The average Bonchev–Trinajstić information content (AvgIpc) is 2.25. The highest BCUT2D eigenvalue weighted by Gasteiger charge is 2.11. The number of carbonyl (C=O) groups excluding carboxylic acids is 1. The van der Waals surface area contributed by atoms with Gasteiger partial charge in [0, 0.05) is 0 Å². The van der Waals surface area contributed by atoms with Crippen LogP contribution in [-0.4, -0.2) is 18.8 Å². The predicted molar refractivity (Wildman–Crippen MR) is 65.5 cm³/mol. The van der Waals surface area contributed by atoms with E-state index in [2.05, 4.69) is 17.9 Å². The van der Waals surface area contributed by atoms with Gasteiger partial charge < -0.3 is 10.1 Å². The van der Waals surface area contributed by atoms with E-state index in [1.165, 1.54) is 7.11 Å². The van der Waals surface area contributed by atoms with Crippen molar-refractivity contribution in [2.45, 2.75) is 0 Å². The maximum Gasteiger partial charge on any atom is 0.234 e. The summed E-state index contributed by atoms with van der Waals surface area (Å²) in [6, 6.07) is 3.25. The summed E-state index contributed by atoms with van der Waals surface area (Å²) in [4.78, 5) is 11.1. The highest BCUT2D eigenvalue weighted by Crippen LogP contribution is 2.37. The SMILES string of the molecule is COc1ccc(NC(=O)CS)c(Cl)c1Cl. The third kappa shape index (κ3) is 2.93. The molecule has 0 heterocycles. The summed E-state index contributed by atoms with van der Waals surface area (Å²) in [5.41, 5.74) is 0.446. The molecule has 0 aliphatic heterocycles. The molecular formula is C9H9Cl2NO2S. The van der Waals surface area contributed by atoms with Crippen LogP contribution in [0.2, 0.25) is 10.0 Å². The number of rotatable bonds is 3. The van der Waals surface area contributed by atoms with Crippen LogP contribution in [0.1, 0.15) is 0 Å². The van der Waals surface area contributed by atoms with Crippen molar-refractivity contribution in [2.75, 3.05) is 18.2 Å². The first-order chi connectivity index (χ1) is 7.10. The summed E-state index contributed by atoms with van der Waals surface area (Å²) in [7, 11) is 1.49. The molecule has 0 fully saturated rings. The van der Waals surface area contributed by atoms with Crippen molar-refractivity contribution in [3.05, 3.63) is 22.2 Å². The number of carbonyl (C=O) groups is 1. The molecule has 0 radical (unpaired) electrons. The van der Waals surface area contributed by atoms with E-state index in [-0.39, 0.29) is 21.7 Å². The highest BCUT2D eigenvalue weighted by atomic mass is 35.5. The van der Waals surface area contributed by atoms with Crippen LogP contribution in [0.25, 0.3) is 0 Å². The van der Waals surface area contributed by atoms with Gasteiger partial charge in [-0.05, 0) is 12.1 Å². The molecule has 0 aliphatic carbocycles. The van der Waals surface area contributed by atoms with Crippen molar-refractivity contribution in [3.63, 3.8) is 0 Å². The Hall–Kier alpha value is -0.580. The van der Waals surface area contributed by atoms with E-state index in [0.29, 0.717) is 11.4 Å². The summed E-state index contributed by atoms with van der Waals surface area (Å²) in [6.45, 7) is 0. The highest BCUT2D eigenvalue weighted by molar-refractivity contribution is 7.81. The van der Waals surface area contributed by atoms with Gasteiger partial charge in [-0.2, -0.15) is 12.6 Å². The zero-order chi connectivity index (χ0) is 11.4. The number of hydrogen-bond donors (Lipinski definition) is 2. The number of benzene rings is 1. The van der Waals surface area contributed by atoms with Crippen molar-refractivity contribution in [3.8, 4) is 5.75 Å². The van der Waals surface area contributed by atoms with Crippen molar-refractivity contribution in [1.82, 2.24) is 0 Å². The smallest absolute Gasteiger partial charge is 0.234 e. The summed E-state index contributed by atoms with van der Waals surface area (Å²) in [6.07, 6.45) is 0. The lowest BCUT2D eigenvalue weighted by atomic mass is 10.3. The number of amides is 1. The van der Waals surface area contributed by atoms with Gasteiger partial charge in [0.05, 0.1) is 23.6 Å². The lowest BCUT2D eigenvalue weighted by Gasteiger charge is -2.09. The topological polar surface area (TPSA) is 38.3 Å². The molecule has 0 unspecified atom stereocenters. The Morgan fingerprint density at radius 1 is 1.47 bits per heavy atom. The molecule has 1 N–H and O–H groups in total. The zero-order valence-electron chi connectivity index (χ0n) is 7.88. The Morgan fingerprint density at radius 2 is 2.13 bits per heavy atom. The van der Waals surface area contributed by atoms with E-state index in [1.807, 2.05) is 0 Å². The third-order valence-electron chi connectivity index (χ3n) is 1.68. The van der Waals surface area contributed by atoms with Gasteiger partial charge in [0.1, 0.15) is 10.8 Å². The van der Waals surface area contributed by atoms with E-state index in [9.17, 15) is 4.79 Å². The quantitative estimate of drug-likeness (QED) is 0.825. The second-order valence-electron chi connectivity index (χ2n) is 2.65. The standard InChI is InChI=1S/C9H9Cl2NO2S/c1-14-6-3-2-5(8(10)9(6)11)12-7(13)4-15/h2-3,15H,4H2,1H3,(H,12,13). The van der Waals surface area contributed by atoms with Gasteiger partial charge in [0.25, 0.3) is 0 Å². The number of hydrogen-bond acceptors (Lipinski definition) is 3. The van der Waals surface area contributed by atoms with E-state index in [4.69, 9.17) is 27.9 Å². The number of anilines is 1. The van der Waals surface area contributed by atoms with Gasteiger partial charge in [-0.1, -0.05) is 23.2 Å². The van der Waals surface area contributed by atoms with Crippen LogP contribution < -0.4 is 10.1 Å². The van der Waals surface area contributed by atoms with Gasteiger partial charge in [-0.15, -0.1) is 0 Å². The van der Waals surface area contributed by atoms with Crippen LogP contribution in [0.3, 0.4) is 0 Å². The molecule has 1 aromatic rings. The maximum absolute atomic E-state index is 11.1. The molecular weight excluding hydrogens is 257 g/mol. The van der Waals surface area contributed by atoms with Crippen LogP contribution in [0.15, 0.2) is 12.1 Å². The Labute approximate surface area is 103 Å². The van der Waals surface area contributed by atoms with Gasteiger partial charge in [-0.25, -0.2) is 0 Å².